The fourth-order valence-corrected chi connectivity index (χ4v) is 2.15. The van der Waals surface area contributed by atoms with Crippen LogP contribution in [0.15, 0.2) is 0 Å². The zero-order valence-electron chi connectivity index (χ0n) is 9.90. The van der Waals surface area contributed by atoms with Crippen molar-refractivity contribution < 1.29 is 24.6 Å². The SMILES string of the molecule is CC1(C)C(C(=O)O)C1C(=O)NCCCC(=O)O. The molecule has 6 nitrogen and oxygen atoms in total. The molecule has 0 aliphatic heterocycles. The van der Waals surface area contributed by atoms with E-state index in [0.29, 0.717) is 6.42 Å². The Morgan fingerprint density at radius 2 is 1.76 bits per heavy atom. The molecule has 0 radical (unpaired) electrons. The minimum absolute atomic E-state index is 0.00328. The fraction of sp³-hybridized carbons (Fsp3) is 0.727. The molecule has 2 unspecified atom stereocenters. The van der Waals surface area contributed by atoms with Crippen LogP contribution in [0.1, 0.15) is 26.7 Å². The summed E-state index contributed by atoms with van der Waals surface area (Å²) >= 11 is 0. The number of nitrogens with one attached hydrogen (secondary N) is 1. The molecule has 6 heteroatoms. The number of carbonyl (C=O) groups excluding carboxylic acids is 1. The summed E-state index contributed by atoms with van der Waals surface area (Å²) in [6.45, 7) is 3.75. The molecule has 1 aliphatic rings. The van der Waals surface area contributed by atoms with Gasteiger partial charge in [-0.15, -0.1) is 0 Å². The largest absolute Gasteiger partial charge is 0.481 e. The van der Waals surface area contributed by atoms with E-state index in [-0.39, 0.29) is 18.9 Å². The Morgan fingerprint density at radius 3 is 2.18 bits per heavy atom. The van der Waals surface area contributed by atoms with Crippen molar-refractivity contribution in [1.82, 2.24) is 5.32 Å². The lowest BCUT2D eigenvalue weighted by atomic mass is 10.1. The van der Waals surface area contributed by atoms with E-state index in [0.717, 1.165) is 0 Å². The van der Waals surface area contributed by atoms with Crippen molar-refractivity contribution in [2.75, 3.05) is 6.54 Å². The van der Waals surface area contributed by atoms with Crippen LogP contribution in [-0.4, -0.2) is 34.6 Å². The zero-order chi connectivity index (χ0) is 13.2. The van der Waals surface area contributed by atoms with Gasteiger partial charge in [-0.2, -0.15) is 0 Å². The molecule has 0 aromatic rings. The second-order valence-corrected chi connectivity index (χ2v) is 4.90. The molecule has 96 valence electrons. The first-order valence-corrected chi connectivity index (χ1v) is 5.50. The molecule has 0 aromatic heterocycles. The van der Waals surface area contributed by atoms with Crippen molar-refractivity contribution in [1.29, 1.82) is 0 Å². The molecular weight excluding hydrogens is 226 g/mol. The quantitative estimate of drug-likeness (QED) is 0.583. The summed E-state index contributed by atoms with van der Waals surface area (Å²) < 4.78 is 0. The standard InChI is InChI=1S/C11H17NO5/c1-11(2)7(8(11)10(16)17)9(15)12-5-3-4-6(13)14/h7-8H,3-5H2,1-2H3,(H,12,15)(H,13,14)(H,16,17). The summed E-state index contributed by atoms with van der Waals surface area (Å²) in [7, 11) is 0. The van der Waals surface area contributed by atoms with Gasteiger partial charge < -0.3 is 15.5 Å². The molecule has 0 spiro atoms. The van der Waals surface area contributed by atoms with Crippen molar-refractivity contribution in [2.24, 2.45) is 17.3 Å². The van der Waals surface area contributed by atoms with Crippen LogP contribution in [0.5, 0.6) is 0 Å². The second-order valence-electron chi connectivity index (χ2n) is 4.90. The summed E-state index contributed by atoms with van der Waals surface area (Å²) in [5.41, 5.74) is -0.511. The van der Waals surface area contributed by atoms with Crippen LogP contribution in [0.4, 0.5) is 0 Å². The highest BCUT2D eigenvalue weighted by molar-refractivity contribution is 5.91. The third-order valence-electron chi connectivity index (χ3n) is 3.24. The van der Waals surface area contributed by atoms with Gasteiger partial charge in [0.1, 0.15) is 0 Å². The number of carboxylic acids is 2. The van der Waals surface area contributed by atoms with E-state index in [2.05, 4.69) is 5.32 Å². The van der Waals surface area contributed by atoms with Crippen molar-refractivity contribution in [2.45, 2.75) is 26.7 Å². The Hall–Kier alpha value is -1.59. The number of rotatable bonds is 6. The number of carbonyl (C=O) groups is 3. The topological polar surface area (TPSA) is 104 Å². The van der Waals surface area contributed by atoms with E-state index in [1.54, 1.807) is 13.8 Å². The minimum atomic E-state index is -0.958. The molecule has 0 aromatic carbocycles. The third-order valence-corrected chi connectivity index (χ3v) is 3.24. The molecule has 1 rings (SSSR count). The van der Waals surface area contributed by atoms with Gasteiger partial charge in [0.15, 0.2) is 0 Å². The molecule has 2 atom stereocenters. The van der Waals surface area contributed by atoms with Crippen molar-refractivity contribution >= 4 is 17.8 Å². The first-order chi connectivity index (χ1) is 7.78. The predicted octanol–water partition coefficient (Wildman–Crippen LogP) is 0.324. The van der Waals surface area contributed by atoms with Gasteiger partial charge >= 0.3 is 11.9 Å². The lowest BCUT2D eigenvalue weighted by Crippen LogP contribution is -2.28. The highest BCUT2D eigenvalue weighted by atomic mass is 16.4. The maximum atomic E-state index is 11.7. The van der Waals surface area contributed by atoms with Crippen molar-refractivity contribution in [3.05, 3.63) is 0 Å². The number of carboxylic acid groups (broad SMARTS) is 2. The molecule has 1 aliphatic carbocycles. The Balaban J connectivity index is 2.35. The van der Waals surface area contributed by atoms with Crippen molar-refractivity contribution in [3.8, 4) is 0 Å². The van der Waals surface area contributed by atoms with Crippen LogP contribution in [0.25, 0.3) is 0 Å². The van der Waals surface area contributed by atoms with Gasteiger partial charge in [0.25, 0.3) is 0 Å². The lowest BCUT2D eigenvalue weighted by Gasteiger charge is -2.04. The highest BCUT2D eigenvalue weighted by Gasteiger charge is 2.65. The third kappa shape index (κ3) is 2.95. The van der Waals surface area contributed by atoms with Crippen LogP contribution in [0.3, 0.4) is 0 Å². The Labute approximate surface area is 99.0 Å². The number of aliphatic carboxylic acids is 2. The van der Waals surface area contributed by atoms with Gasteiger partial charge in [-0.25, -0.2) is 0 Å². The number of amides is 1. The smallest absolute Gasteiger partial charge is 0.307 e. The summed E-state index contributed by atoms with van der Waals surface area (Å²) in [5.74, 6) is -3.31. The molecule has 3 N–H and O–H groups in total. The van der Waals surface area contributed by atoms with Crippen molar-refractivity contribution in [3.63, 3.8) is 0 Å². The summed E-state index contributed by atoms with van der Waals surface area (Å²) in [6, 6.07) is 0. The first-order valence-electron chi connectivity index (χ1n) is 5.50. The monoisotopic (exact) mass is 243 g/mol. The molecule has 0 saturated heterocycles. The zero-order valence-corrected chi connectivity index (χ0v) is 9.90. The van der Waals surface area contributed by atoms with E-state index < -0.39 is 29.2 Å². The molecule has 1 saturated carbocycles. The average molecular weight is 243 g/mol. The van der Waals surface area contributed by atoms with Crippen LogP contribution in [0, 0.1) is 17.3 Å². The lowest BCUT2D eigenvalue weighted by molar-refractivity contribution is -0.140. The van der Waals surface area contributed by atoms with E-state index in [1.165, 1.54) is 0 Å². The average Bonchev–Trinajstić information content (AvgIpc) is 2.76. The van der Waals surface area contributed by atoms with Gasteiger partial charge in [0.2, 0.25) is 5.91 Å². The van der Waals surface area contributed by atoms with Gasteiger partial charge in [-0.05, 0) is 11.8 Å². The Morgan fingerprint density at radius 1 is 1.18 bits per heavy atom. The predicted molar refractivity (Wildman–Crippen MR) is 58.3 cm³/mol. The van der Waals surface area contributed by atoms with Gasteiger partial charge in [0, 0.05) is 13.0 Å². The Kier molecular flexibility index (Phi) is 3.75. The van der Waals surface area contributed by atoms with E-state index in [9.17, 15) is 14.4 Å². The summed E-state index contributed by atoms with van der Waals surface area (Å²) in [6.07, 6.45) is 0.350. The minimum Gasteiger partial charge on any atom is -0.481 e. The number of hydrogen-bond donors (Lipinski definition) is 3. The molecule has 1 fully saturated rings. The summed E-state index contributed by atoms with van der Waals surface area (Å²) in [4.78, 5) is 32.8. The van der Waals surface area contributed by atoms with Gasteiger partial charge in [-0.1, -0.05) is 13.8 Å². The van der Waals surface area contributed by atoms with E-state index >= 15 is 0 Å². The first kappa shape index (κ1) is 13.5. The van der Waals surface area contributed by atoms with Crippen LogP contribution >= 0.6 is 0 Å². The van der Waals surface area contributed by atoms with Crippen LogP contribution in [-0.2, 0) is 14.4 Å². The van der Waals surface area contributed by atoms with Gasteiger partial charge in [0.05, 0.1) is 11.8 Å². The summed E-state index contributed by atoms with van der Waals surface area (Å²) in [5, 5.41) is 19.9. The molecular formula is C11H17NO5. The molecule has 1 amide bonds. The molecule has 17 heavy (non-hydrogen) atoms. The van der Waals surface area contributed by atoms with E-state index in [4.69, 9.17) is 10.2 Å². The highest BCUT2D eigenvalue weighted by Crippen LogP contribution is 2.58. The maximum absolute atomic E-state index is 11.7. The number of hydrogen-bond acceptors (Lipinski definition) is 3. The normalized spacial score (nSPS) is 25.1. The molecule has 0 heterocycles. The van der Waals surface area contributed by atoms with Crippen LogP contribution in [0.2, 0.25) is 0 Å². The fourth-order valence-electron chi connectivity index (χ4n) is 2.15. The maximum Gasteiger partial charge on any atom is 0.307 e. The van der Waals surface area contributed by atoms with Gasteiger partial charge in [-0.3, -0.25) is 14.4 Å². The van der Waals surface area contributed by atoms with Crippen LogP contribution < -0.4 is 5.32 Å². The van der Waals surface area contributed by atoms with E-state index in [1.807, 2.05) is 0 Å². The Bertz CT molecular complexity index is 350. The molecule has 0 bridgehead atoms. The second kappa shape index (κ2) is 4.73.